The largest absolute Gasteiger partial charge is 1.00 e. The van der Waals surface area contributed by atoms with E-state index in [0.717, 1.165) is 34.6 Å². The van der Waals surface area contributed by atoms with Crippen LogP contribution in [0.5, 0.6) is 0 Å². The van der Waals surface area contributed by atoms with Crippen molar-refractivity contribution in [3.8, 4) is 17.2 Å². The van der Waals surface area contributed by atoms with Gasteiger partial charge in [-0.05, 0) is 48.4 Å². The van der Waals surface area contributed by atoms with Crippen LogP contribution in [0.15, 0.2) is 47.6 Å². The number of rotatable bonds is 6. The SMILES string of the molecule is N#Cc1ccc(-c2cnccc2SCC2(CC(=O)[O-])CC2)cc1.[K+]. The fraction of sp³-hybridized carbons (Fsp3) is 0.278. The zero-order valence-corrected chi connectivity index (χ0v) is 17.4. The first-order valence-corrected chi connectivity index (χ1v) is 8.38. The summed E-state index contributed by atoms with van der Waals surface area (Å²) in [5.74, 6) is -0.195. The van der Waals surface area contributed by atoms with E-state index in [-0.39, 0.29) is 63.2 Å². The Morgan fingerprint density at radius 3 is 2.58 bits per heavy atom. The molecule has 116 valence electrons. The summed E-state index contributed by atoms with van der Waals surface area (Å²) in [5, 5.41) is 19.7. The number of aromatic nitrogens is 1. The van der Waals surface area contributed by atoms with Crippen LogP contribution >= 0.6 is 11.8 Å². The van der Waals surface area contributed by atoms with Gasteiger partial charge in [0.25, 0.3) is 0 Å². The minimum atomic E-state index is -0.967. The second-order valence-corrected chi connectivity index (χ2v) is 6.92. The average Bonchev–Trinajstić information content (AvgIpc) is 3.32. The molecule has 0 aliphatic heterocycles. The maximum Gasteiger partial charge on any atom is 1.00 e. The maximum absolute atomic E-state index is 10.9. The second-order valence-electron chi connectivity index (χ2n) is 5.90. The van der Waals surface area contributed by atoms with Crippen molar-refractivity contribution in [1.29, 1.82) is 5.26 Å². The number of carbonyl (C=O) groups excluding carboxylic acids is 1. The van der Waals surface area contributed by atoms with E-state index >= 15 is 0 Å². The number of pyridine rings is 1. The van der Waals surface area contributed by atoms with E-state index in [9.17, 15) is 9.90 Å². The van der Waals surface area contributed by atoms with Crippen molar-refractivity contribution >= 4 is 17.7 Å². The summed E-state index contributed by atoms with van der Waals surface area (Å²) in [4.78, 5) is 16.1. The summed E-state index contributed by atoms with van der Waals surface area (Å²) in [5.41, 5.74) is 2.53. The molecule has 0 radical (unpaired) electrons. The number of carbonyl (C=O) groups is 1. The standard InChI is InChI=1S/C18H16N2O2S.K/c19-10-13-1-3-14(4-2-13)15-11-20-8-5-16(15)23-12-18(6-7-18)9-17(21)22;/h1-5,8,11H,6-7,9,12H2,(H,21,22);/q;+1/p-1. The Morgan fingerprint density at radius 1 is 1.29 bits per heavy atom. The summed E-state index contributed by atoms with van der Waals surface area (Å²) in [7, 11) is 0. The number of thioether (sulfide) groups is 1. The van der Waals surface area contributed by atoms with Gasteiger partial charge in [0.1, 0.15) is 0 Å². The van der Waals surface area contributed by atoms with Gasteiger partial charge in [0.05, 0.1) is 11.6 Å². The molecule has 0 bridgehead atoms. The first-order chi connectivity index (χ1) is 11.1. The van der Waals surface area contributed by atoms with Crippen molar-refractivity contribution in [3.63, 3.8) is 0 Å². The van der Waals surface area contributed by atoms with Gasteiger partial charge in [-0.3, -0.25) is 4.98 Å². The van der Waals surface area contributed by atoms with Crippen LogP contribution in [-0.4, -0.2) is 16.7 Å². The zero-order chi connectivity index (χ0) is 16.3. The van der Waals surface area contributed by atoms with E-state index in [1.807, 2.05) is 24.4 Å². The average molecular weight is 362 g/mol. The number of carboxylic acid groups (broad SMARTS) is 1. The van der Waals surface area contributed by atoms with Gasteiger partial charge in [-0.25, -0.2) is 0 Å². The Balaban J connectivity index is 0.00000208. The molecule has 2 aromatic rings. The van der Waals surface area contributed by atoms with Crippen LogP contribution in [0.1, 0.15) is 24.8 Å². The first kappa shape index (κ1) is 19.6. The Bertz CT molecular complexity index is 767. The van der Waals surface area contributed by atoms with Crippen LogP contribution < -0.4 is 56.5 Å². The Labute approximate surface area is 188 Å². The third-order valence-corrected chi connectivity index (χ3v) is 5.54. The Kier molecular flexibility index (Phi) is 7.05. The number of hydrogen-bond donors (Lipinski definition) is 0. The minimum absolute atomic E-state index is 0. The molecule has 24 heavy (non-hydrogen) atoms. The molecule has 4 nitrogen and oxygen atoms in total. The van der Waals surface area contributed by atoms with Gasteiger partial charge in [-0.15, -0.1) is 11.8 Å². The fourth-order valence-corrected chi connectivity index (χ4v) is 3.87. The summed E-state index contributed by atoms with van der Waals surface area (Å²) >= 11 is 1.67. The van der Waals surface area contributed by atoms with Crippen molar-refractivity contribution in [2.24, 2.45) is 5.41 Å². The Morgan fingerprint density at radius 2 is 2.00 bits per heavy atom. The number of nitrogens with zero attached hydrogens (tertiary/aromatic N) is 2. The molecule has 1 fully saturated rings. The maximum atomic E-state index is 10.9. The summed E-state index contributed by atoms with van der Waals surface area (Å²) in [6.07, 6.45) is 5.59. The fourth-order valence-electron chi connectivity index (χ4n) is 2.53. The van der Waals surface area contributed by atoms with Crippen LogP contribution in [0.4, 0.5) is 0 Å². The van der Waals surface area contributed by atoms with E-state index < -0.39 is 5.97 Å². The van der Waals surface area contributed by atoms with Gasteiger partial charge in [0.15, 0.2) is 0 Å². The molecule has 1 aliphatic carbocycles. The van der Waals surface area contributed by atoms with Crippen molar-refractivity contribution < 1.29 is 61.3 Å². The molecule has 0 N–H and O–H groups in total. The summed E-state index contributed by atoms with van der Waals surface area (Å²) in [6.45, 7) is 0. The van der Waals surface area contributed by atoms with Crippen LogP contribution in [-0.2, 0) is 4.79 Å². The molecule has 0 unspecified atom stereocenters. The van der Waals surface area contributed by atoms with Gasteiger partial charge in [-0.1, -0.05) is 12.1 Å². The number of benzene rings is 1. The quantitative estimate of drug-likeness (QED) is 0.518. The molecular weight excluding hydrogens is 347 g/mol. The van der Waals surface area contributed by atoms with Crippen LogP contribution in [0.2, 0.25) is 0 Å². The van der Waals surface area contributed by atoms with Crippen LogP contribution in [0, 0.1) is 16.7 Å². The number of aliphatic carboxylic acids is 1. The number of carboxylic acids is 1. The topological polar surface area (TPSA) is 76.8 Å². The zero-order valence-electron chi connectivity index (χ0n) is 13.5. The van der Waals surface area contributed by atoms with E-state index in [4.69, 9.17) is 5.26 Å². The van der Waals surface area contributed by atoms with E-state index in [2.05, 4.69) is 11.1 Å². The number of hydrogen-bond acceptors (Lipinski definition) is 5. The molecule has 0 amide bonds. The molecule has 0 saturated heterocycles. The van der Waals surface area contributed by atoms with Gasteiger partial charge < -0.3 is 9.90 Å². The first-order valence-electron chi connectivity index (χ1n) is 7.39. The van der Waals surface area contributed by atoms with Crippen LogP contribution in [0.3, 0.4) is 0 Å². The van der Waals surface area contributed by atoms with Crippen molar-refractivity contribution in [1.82, 2.24) is 4.98 Å². The molecular formula is C18H15KN2O2S. The molecule has 1 aliphatic rings. The molecule has 0 spiro atoms. The smallest absolute Gasteiger partial charge is 0.550 e. The molecule has 1 heterocycles. The predicted molar refractivity (Wildman–Crippen MR) is 86.4 cm³/mol. The van der Waals surface area contributed by atoms with E-state index in [1.54, 1.807) is 30.1 Å². The minimum Gasteiger partial charge on any atom is -0.550 e. The molecule has 6 heteroatoms. The third kappa shape index (κ3) is 4.91. The summed E-state index contributed by atoms with van der Waals surface area (Å²) in [6, 6.07) is 11.5. The van der Waals surface area contributed by atoms with Gasteiger partial charge in [0, 0.05) is 34.6 Å². The predicted octanol–water partition coefficient (Wildman–Crippen LogP) is -0.363. The van der Waals surface area contributed by atoms with E-state index in [1.165, 1.54) is 0 Å². The van der Waals surface area contributed by atoms with Gasteiger partial charge >= 0.3 is 51.4 Å². The van der Waals surface area contributed by atoms with Gasteiger partial charge in [0.2, 0.25) is 0 Å². The normalized spacial score (nSPS) is 14.3. The third-order valence-electron chi connectivity index (χ3n) is 4.12. The monoisotopic (exact) mass is 362 g/mol. The molecule has 0 atom stereocenters. The Hall–Kier alpha value is -0.684. The molecule has 3 rings (SSSR count). The van der Waals surface area contributed by atoms with Crippen LogP contribution in [0.25, 0.3) is 11.1 Å². The molecule has 1 saturated carbocycles. The number of nitriles is 1. The van der Waals surface area contributed by atoms with Gasteiger partial charge in [-0.2, -0.15) is 5.26 Å². The summed E-state index contributed by atoms with van der Waals surface area (Å²) < 4.78 is 0. The van der Waals surface area contributed by atoms with E-state index in [0.29, 0.717) is 5.56 Å². The van der Waals surface area contributed by atoms with Crippen molar-refractivity contribution in [2.45, 2.75) is 24.2 Å². The van der Waals surface area contributed by atoms with Crippen molar-refractivity contribution in [2.75, 3.05) is 5.75 Å². The molecule has 1 aromatic heterocycles. The van der Waals surface area contributed by atoms with Crippen molar-refractivity contribution in [3.05, 3.63) is 48.3 Å². The molecule has 1 aromatic carbocycles. The second kappa shape index (κ2) is 8.61.